The summed E-state index contributed by atoms with van der Waals surface area (Å²) < 4.78 is 1.58. The minimum atomic E-state index is -0.107. The topological polar surface area (TPSA) is 45.8 Å². The summed E-state index contributed by atoms with van der Waals surface area (Å²) in [6, 6.07) is 7.75. The number of hydrogen-bond acceptors (Lipinski definition) is 2. The molecule has 0 saturated heterocycles. The van der Waals surface area contributed by atoms with Gasteiger partial charge in [0.2, 0.25) is 0 Å². The molecule has 0 aliphatic heterocycles. The predicted octanol–water partition coefficient (Wildman–Crippen LogP) is 3.84. The Morgan fingerprint density at radius 2 is 1.83 bits per heavy atom. The molecule has 1 fully saturated rings. The first-order valence-electron chi connectivity index (χ1n) is 5.71. The number of rotatable bonds is 2. The van der Waals surface area contributed by atoms with Gasteiger partial charge in [0.25, 0.3) is 5.56 Å². The maximum atomic E-state index is 11.9. The van der Waals surface area contributed by atoms with Gasteiger partial charge < -0.3 is 4.98 Å². The van der Waals surface area contributed by atoms with Crippen molar-refractivity contribution < 1.29 is 0 Å². The lowest BCUT2D eigenvalue weighted by Crippen LogP contribution is -2.13. The third-order valence-corrected chi connectivity index (χ3v) is 4.27. The number of benzene rings is 1. The van der Waals surface area contributed by atoms with Crippen molar-refractivity contribution in [2.45, 2.75) is 18.8 Å². The van der Waals surface area contributed by atoms with Crippen LogP contribution < -0.4 is 5.56 Å². The second kappa shape index (κ2) is 4.63. The van der Waals surface area contributed by atoms with E-state index in [0.717, 1.165) is 28.6 Å². The molecule has 0 bridgehead atoms. The first kappa shape index (κ1) is 12.1. The molecule has 1 aromatic heterocycles. The molecule has 1 aliphatic carbocycles. The lowest BCUT2D eigenvalue weighted by atomic mass is 10.2. The van der Waals surface area contributed by atoms with Crippen molar-refractivity contribution in [2.24, 2.45) is 0 Å². The molecule has 92 valence electrons. The van der Waals surface area contributed by atoms with E-state index < -0.39 is 0 Å². The summed E-state index contributed by atoms with van der Waals surface area (Å²) in [5.74, 6) is 1.08. The molecule has 1 aromatic carbocycles. The van der Waals surface area contributed by atoms with Gasteiger partial charge in [-0.25, -0.2) is 4.98 Å². The van der Waals surface area contributed by atoms with Crippen LogP contribution in [0.2, 0.25) is 0 Å². The van der Waals surface area contributed by atoms with Crippen molar-refractivity contribution in [1.29, 1.82) is 0 Å². The van der Waals surface area contributed by atoms with E-state index in [1.165, 1.54) is 0 Å². The number of hydrogen-bond donors (Lipinski definition) is 1. The molecule has 0 amide bonds. The fourth-order valence-electron chi connectivity index (χ4n) is 1.85. The van der Waals surface area contributed by atoms with Crippen molar-refractivity contribution in [1.82, 2.24) is 9.97 Å². The first-order valence-corrected chi connectivity index (χ1v) is 7.29. The Bertz CT molecular complexity index is 645. The molecule has 0 atom stereocenters. The summed E-state index contributed by atoms with van der Waals surface area (Å²) in [6.45, 7) is 0. The zero-order valence-electron chi connectivity index (χ0n) is 9.41. The van der Waals surface area contributed by atoms with Gasteiger partial charge in [-0.05, 0) is 40.9 Å². The summed E-state index contributed by atoms with van der Waals surface area (Å²) >= 11 is 6.72. The molecule has 1 saturated carbocycles. The van der Waals surface area contributed by atoms with Crippen molar-refractivity contribution >= 4 is 31.9 Å². The Balaban J connectivity index is 2.12. The van der Waals surface area contributed by atoms with Gasteiger partial charge in [0.15, 0.2) is 0 Å². The Hall–Kier alpha value is -0.940. The second-order valence-electron chi connectivity index (χ2n) is 4.39. The van der Waals surface area contributed by atoms with Gasteiger partial charge in [0, 0.05) is 16.0 Å². The van der Waals surface area contributed by atoms with E-state index in [9.17, 15) is 4.79 Å². The molecule has 0 spiro atoms. The monoisotopic (exact) mass is 368 g/mol. The predicted molar refractivity (Wildman–Crippen MR) is 77.7 cm³/mol. The van der Waals surface area contributed by atoms with Crippen molar-refractivity contribution in [3.05, 3.63) is 49.3 Å². The van der Waals surface area contributed by atoms with E-state index in [4.69, 9.17) is 0 Å². The summed E-state index contributed by atoms with van der Waals surface area (Å²) in [7, 11) is 0. The fraction of sp³-hybridized carbons (Fsp3) is 0.231. The average Bonchev–Trinajstić information content (AvgIpc) is 3.18. The SMILES string of the molecule is O=c1[nH]c(-c2ccc(Br)cc2)nc(C2CC2)c1Br. The molecule has 1 N–H and O–H groups in total. The first-order chi connectivity index (χ1) is 8.65. The number of aromatic amines is 1. The molecular formula is C13H10Br2N2O. The summed E-state index contributed by atoms with van der Waals surface area (Å²) in [6.07, 6.45) is 2.24. The van der Waals surface area contributed by atoms with E-state index in [-0.39, 0.29) is 5.56 Å². The van der Waals surface area contributed by atoms with Crippen LogP contribution in [0.25, 0.3) is 11.4 Å². The molecule has 1 aliphatic rings. The summed E-state index contributed by atoms with van der Waals surface area (Å²) in [4.78, 5) is 19.3. The minimum Gasteiger partial charge on any atom is -0.306 e. The molecule has 1 heterocycles. The van der Waals surface area contributed by atoms with Crippen LogP contribution in [0.15, 0.2) is 38.0 Å². The Morgan fingerprint density at radius 1 is 1.17 bits per heavy atom. The standard InChI is InChI=1S/C13H10Br2N2O/c14-9-5-3-8(4-6-9)12-16-11(7-1-2-7)10(15)13(18)17-12/h3-7H,1-2H2,(H,16,17,18). The van der Waals surface area contributed by atoms with Gasteiger partial charge in [-0.15, -0.1) is 0 Å². The van der Waals surface area contributed by atoms with Crippen molar-refractivity contribution in [2.75, 3.05) is 0 Å². The largest absolute Gasteiger partial charge is 0.306 e. The van der Waals surface area contributed by atoms with Crippen LogP contribution in [-0.4, -0.2) is 9.97 Å². The van der Waals surface area contributed by atoms with E-state index in [1.54, 1.807) is 0 Å². The number of halogens is 2. The molecular weight excluding hydrogens is 360 g/mol. The number of nitrogens with zero attached hydrogens (tertiary/aromatic N) is 1. The second-order valence-corrected chi connectivity index (χ2v) is 6.10. The van der Waals surface area contributed by atoms with Gasteiger partial charge in [0.1, 0.15) is 10.3 Å². The number of H-pyrrole nitrogens is 1. The van der Waals surface area contributed by atoms with Crippen LogP contribution in [-0.2, 0) is 0 Å². The molecule has 0 radical (unpaired) electrons. The average molecular weight is 370 g/mol. The van der Waals surface area contributed by atoms with E-state index >= 15 is 0 Å². The number of aromatic nitrogens is 2. The molecule has 5 heteroatoms. The highest BCUT2D eigenvalue weighted by molar-refractivity contribution is 9.10. The maximum Gasteiger partial charge on any atom is 0.265 e. The molecule has 2 aromatic rings. The lowest BCUT2D eigenvalue weighted by Gasteiger charge is -2.06. The Labute approximate surface area is 121 Å². The zero-order valence-corrected chi connectivity index (χ0v) is 12.6. The van der Waals surface area contributed by atoms with Gasteiger partial charge in [-0.1, -0.05) is 28.1 Å². The van der Waals surface area contributed by atoms with E-state index in [2.05, 4.69) is 41.8 Å². The Kier molecular flexibility index (Phi) is 3.11. The normalized spacial score (nSPS) is 14.8. The quantitative estimate of drug-likeness (QED) is 0.874. The highest BCUT2D eigenvalue weighted by atomic mass is 79.9. The fourth-order valence-corrected chi connectivity index (χ4v) is 2.62. The zero-order chi connectivity index (χ0) is 12.7. The summed E-state index contributed by atoms with van der Waals surface area (Å²) in [5, 5.41) is 0. The van der Waals surface area contributed by atoms with Crippen LogP contribution in [0.5, 0.6) is 0 Å². The highest BCUT2D eigenvalue weighted by Gasteiger charge is 2.29. The van der Waals surface area contributed by atoms with Crippen molar-refractivity contribution in [3.63, 3.8) is 0 Å². The van der Waals surface area contributed by atoms with Gasteiger partial charge in [-0.3, -0.25) is 4.79 Å². The molecule has 3 rings (SSSR count). The lowest BCUT2D eigenvalue weighted by molar-refractivity contribution is 0.960. The van der Waals surface area contributed by atoms with Gasteiger partial charge in [0.05, 0.1) is 5.69 Å². The smallest absolute Gasteiger partial charge is 0.265 e. The third kappa shape index (κ3) is 2.29. The van der Waals surface area contributed by atoms with Crippen LogP contribution >= 0.6 is 31.9 Å². The van der Waals surface area contributed by atoms with Crippen LogP contribution in [0.1, 0.15) is 24.5 Å². The third-order valence-electron chi connectivity index (χ3n) is 2.97. The van der Waals surface area contributed by atoms with Crippen LogP contribution in [0, 0.1) is 0 Å². The molecule has 18 heavy (non-hydrogen) atoms. The van der Waals surface area contributed by atoms with Gasteiger partial charge >= 0.3 is 0 Å². The van der Waals surface area contributed by atoms with Crippen LogP contribution in [0.4, 0.5) is 0 Å². The van der Waals surface area contributed by atoms with Crippen LogP contribution in [0.3, 0.4) is 0 Å². The van der Waals surface area contributed by atoms with Crippen molar-refractivity contribution in [3.8, 4) is 11.4 Å². The minimum absolute atomic E-state index is 0.107. The Morgan fingerprint density at radius 3 is 2.44 bits per heavy atom. The summed E-state index contributed by atoms with van der Waals surface area (Å²) in [5.41, 5.74) is 1.70. The highest BCUT2D eigenvalue weighted by Crippen LogP contribution is 2.41. The maximum absolute atomic E-state index is 11.9. The van der Waals surface area contributed by atoms with E-state index in [0.29, 0.717) is 16.2 Å². The van der Waals surface area contributed by atoms with Gasteiger partial charge in [-0.2, -0.15) is 0 Å². The van der Waals surface area contributed by atoms with E-state index in [1.807, 2.05) is 24.3 Å². The molecule has 0 unspecified atom stereocenters. The number of nitrogens with one attached hydrogen (secondary N) is 1. The molecule has 3 nitrogen and oxygen atoms in total.